The van der Waals surface area contributed by atoms with Crippen LogP contribution in [-0.4, -0.2) is 36.0 Å². The largest absolute Gasteiger partial charge is 0.401 e. The molecule has 0 radical (unpaired) electrons. The summed E-state index contributed by atoms with van der Waals surface area (Å²) < 4.78 is 37.2. The fraction of sp³-hybridized carbons (Fsp3) is 0.538. The number of alkyl halides is 3. The minimum Gasteiger partial charge on any atom is -0.291 e. The average Bonchev–Trinajstić information content (AvgIpc) is 3.11. The van der Waals surface area contributed by atoms with E-state index in [0.29, 0.717) is 12.3 Å². The molecule has 100 valence electrons. The molecule has 5 heteroatoms. The Labute approximate surface area is 109 Å². The highest BCUT2D eigenvalue weighted by Crippen LogP contribution is 2.30. The van der Waals surface area contributed by atoms with E-state index in [4.69, 9.17) is 0 Å². The second kappa shape index (κ2) is 5.97. The topological polar surface area (TPSA) is 3.24 Å². The first kappa shape index (κ1) is 13.7. The van der Waals surface area contributed by atoms with E-state index in [9.17, 15) is 13.2 Å². The first-order valence-corrected chi connectivity index (χ1v) is 7.02. The van der Waals surface area contributed by atoms with E-state index in [-0.39, 0.29) is 6.04 Å². The van der Waals surface area contributed by atoms with E-state index in [1.165, 1.54) is 0 Å². The lowest BCUT2D eigenvalue weighted by atomic mass is 10.4. The van der Waals surface area contributed by atoms with E-state index >= 15 is 0 Å². The highest BCUT2D eigenvalue weighted by atomic mass is 32.2. The molecule has 1 aliphatic rings. The molecule has 0 aliphatic heterocycles. The van der Waals surface area contributed by atoms with Crippen molar-refractivity contribution >= 4 is 11.8 Å². The van der Waals surface area contributed by atoms with E-state index < -0.39 is 12.7 Å². The average molecular weight is 275 g/mol. The van der Waals surface area contributed by atoms with Crippen LogP contribution >= 0.6 is 11.8 Å². The molecule has 0 saturated heterocycles. The molecule has 1 fully saturated rings. The lowest BCUT2D eigenvalue weighted by Crippen LogP contribution is -2.37. The molecule has 1 aromatic rings. The standard InChI is InChI=1S/C13H16F3NS/c14-13(15,16)10-17(11-6-7-11)8-9-18-12-4-2-1-3-5-12/h1-5,11H,6-10H2. The molecule has 0 amide bonds. The van der Waals surface area contributed by atoms with Crippen molar-refractivity contribution in [1.82, 2.24) is 4.90 Å². The van der Waals surface area contributed by atoms with Crippen molar-refractivity contribution in [1.29, 1.82) is 0 Å². The second-order valence-electron chi connectivity index (χ2n) is 4.48. The third-order valence-corrected chi connectivity index (χ3v) is 3.83. The number of thioether (sulfide) groups is 1. The molecule has 0 heterocycles. The van der Waals surface area contributed by atoms with Gasteiger partial charge < -0.3 is 0 Å². The monoisotopic (exact) mass is 275 g/mol. The number of hydrogen-bond acceptors (Lipinski definition) is 2. The molecule has 0 bridgehead atoms. The Morgan fingerprint density at radius 1 is 1.17 bits per heavy atom. The van der Waals surface area contributed by atoms with Crippen LogP contribution < -0.4 is 0 Å². The fourth-order valence-electron chi connectivity index (χ4n) is 1.86. The second-order valence-corrected chi connectivity index (χ2v) is 5.65. The fourth-order valence-corrected chi connectivity index (χ4v) is 2.77. The lowest BCUT2D eigenvalue weighted by Gasteiger charge is -2.23. The zero-order valence-corrected chi connectivity index (χ0v) is 10.8. The Kier molecular flexibility index (Phi) is 4.56. The van der Waals surface area contributed by atoms with Crippen molar-refractivity contribution in [2.45, 2.75) is 30.0 Å². The normalized spacial score (nSPS) is 16.2. The molecule has 1 saturated carbocycles. The number of nitrogens with zero attached hydrogens (tertiary/aromatic N) is 1. The van der Waals surface area contributed by atoms with E-state index in [1.54, 1.807) is 16.7 Å². The molecular weight excluding hydrogens is 259 g/mol. The van der Waals surface area contributed by atoms with Crippen LogP contribution in [0.4, 0.5) is 13.2 Å². The van der Waals surface area contributed by atoms with Gasteiger partial charge in [0.2, 0.25) is 0 Å². The first-order valence-electron chi connectivity index (χ1n) is 6.03. The van der Waals surface area contributed by atoms with E-state index in [2.05, 4.69) is 0 Å². The van der Waals surface area contributed by atoms with Crippen molar-refractivity contribution in [2.75, 3.05) is 18.8 Å². The summed E-state index contributed by atoms with van der Waals surface area (Å²) in [7, 11) is 0. The van der Waals surface area contributed by atoms with Crippen LogP contribution in [0.3, 0.4) is 0 Å². The maximum absolute atomic E-state index is 12.4. The number of benzene rings is 1. The third kappa shape index (κ3) is 4.90. The molecule has 0 N–H and O–H groups in total. The van der Waals surface area contributed by atoms with Gasteiger partial charge in [-0.1, -0.05) is 18.2 Å². The van der Waals surface area contributed by atoms with Crippen LogP contribution in [0.25, 0.3) is 0 Å². The van der Waals surface area contributed by atoms with E-state index in [0.717, 1.165) is 17.7 Å². The zero-order valence-electron chi connectivity index (χ0n) is 9.99. The summed E-state index contributed by atoms with van der Waals surface area (Å²) in [6, 6.07) is 9.94. The van der Waals surface area contributed by atoms with Gasteiger partial charge in [0.25, 0.3) is 0 Å². The molecule has 0 aromatic heterocycles. The van der Waals surface area contributed by atoms with Crippen LogP contribution in [0, 0.1) is 0 Å². The predicted molar refractivity (Wildman–Crippen MR) is 67.8 cm³/mol. The highest BCUT2D eigenvalue weighted by Gasteiger charge is 2.37. The highest BCUT2D eigenvalue weighted by molar-refractivity contribution is 7.99. The summed E-state index contributed by atoms with van der Waals surface area (Å²) in [6.45, 7) is -0.267. The summed E-state index contributed by atoms with van der Waals surface area (Å²) >= 11 is 1.61. The van der Waals surface area contributed by atoms with Crippen LogP contribution in [0.2, 0.25) is 0 Å². The summed E-state index contributed by atoms with van der Waals surface area (Å²) in [6.07, 6.45) is -2.27. The minimum absolute atomic E-state index is 0.156. The van der Waals surface area contributed by atoms with Gasteiger partial charge in [-0.15, -0.1) is 11.8 Å². The molecule has 1 aromatic carbocycles. The summed E-state index contributed by atoms with van der Waals surface area (Å²) in [4.78, 5) is 2.68. The third-order valence-electron chi connectivity index (χ3n) is 2.84. The van der Waals surface area contributed by atoms with Gasteiger partial charge in [0.15, 0.2) is 0 Å². The predicted octanol–water partition coefficient (Wildman–Crippen LogP) is 3.81. The van der Waals surface area contributed by atoms with Gasteiger partial charge in [0.05, 0.1) is 6.54 Å². The SMILES string of the molecule is FC(F)(F)CN(CCSc1ccccc1)C1CC1. The summed E-state index contributed by atoms with van der Waals surface area (Å²) in [5, 5.41) is 0. The van der Waals surface area contributed by atoms with Gasteiger partial charge in [-0.25, -0.2) is 0 Å². The Morgan fingerprint density at radius 2 is 1.83 bits per heavy atom. The van der Waals surface area contributed by atoms with Gasteiger partial charge >= 0.3 is 6.18 Å². The van der Waals surface area contributed by atoms with Crippen LogP contribution in [0.5, 0.6) is 0 Å². The van der Waals surface area contributed by atoms with Crippen LogP contribution in [-0.2, 0) is 0 Å². The van der Waals surface area contributed by atoms with E-state index in [1.807, 2.05) is 30.3 Å². The van der Waals surface area contributed by atoms with Crippen molar-refractivity contribution in [3.8, 4) is 0 Å². The quantitative estimate of drug-likeness (QED) is 0.726. The van der Waals surface area contributed by atoms with Crippen LogP contribution in [0.15, 0.2) is 35.2 Å². The molecule has 1 aliphatic carbocycles. The maximum Gasteiger partial charge on any atom is 0.401 e. The molecule has 18 heavy (non-hydrogen) atoms. The van der Waals surface area contributed by atoms with Crippen molar-refractivity contribution in [3.05, 3.63) is 30.3 Å². The first-order chi connectivity index (χ1) is 8.54. The molecule has 0 unspecified atom stereocenters. The molecule has 0 atom stereocenters. The minimum atomic E-state index is -4.08. The van der Waals surface area contributed by atoms with Crippen LogP contribution in [0.1, 0.15) is 12.8 Å². The molecule has 2 rings (SSSR count). The Hall–Kier alpha value is -0.680. The van der Waals surface area contributed by atoms with Gasteiger partial charge in [0.1, 0.15) is 0 Å². The molecule has 0 spiro atoms. The smallest absolute Gasteiger partial charge is 0.291 e. The van der Waals surface area contributed by atoms with Gasteiger partial charge in [0, 0.05) is 23.2 Å². The maximum atomic E-state index is 12.4. The number of halogens is 3. The summed E-state index contributed by atoms with van der Waals surface area (Å²) in [5.74, 6) is 0.705. The number of rotatable bonds is 6. The lowest BCUT2D eigenvalue weighted by molar-refractivity contribution is -0.146. The van der Waals surface area contributed by atoms with Gasteiger partial charge in [-0.2, -0.15) is 13.2 Å². The molecular formula is C13H16F3NS. The Balaban J connectivity index is 1.76. The van der Waals surface area contributed by atoms with Crippen molar-refractivity contribution in [2.24, 2.45) is 0 Å². The number of hydrogen-bond donors (Lipinski definition) is 0. The summed E-state index contributed by atoms with van der Waals surface area (Å²) in [5.41, 5.74) is 0. The van der Waals surface area contributed by atoms with Gasteiger partial charge in [-0.3, -0.25) is 4.90 Å². The van der Waals surface area contributed by atoms with Crippen molar-refractivity contribution in [3.63, 3.8) is 0 Å². The Bertz CT molecular complexity index is 362. The van der Waals surface area contributed by atoms with Crippen molar-refractivity contribution < 1.29 is 13.2 Å². The molecule has 1 nitrogen and oxygen atoms in total. The van der Waals surface area contributed by atoms with Gasteiger partial charge in [-0.05, 0) is 25.0 Å². The zero-order chi connectivity index (χ0) is 13.0. The Morgan fingerprint density at radius 3 is 2.39 bits per heavy atom.